The second kappa shape index (κ2) is 15.3. The molecule has 0 radical (unpaired) electrons. The molecule has 37 heavy (non-hydrogen) atoms. The summed E-state index contributed by atoms with van der Waals surface area (Å²) in [6.07, 6.45) is -4.03. The fourth-order valence-corrected chi connectivity index (χ4v) is 4.25. The van der Waals surface area contributed by atoms with E-state index >= 15 is 0 Å². The van der Waals surface area contributed by atoms with Gasteiger partial charge in [-0.3, -0.25) is 13.9 Å². The van der Waals surface area contributed by atoms with E-state index in [1.165, 1.54) is 5.32 Å². The smallest absolute Gasteiger partial charge is 0.387 e. The van der Waals surface area contributed by atoms with E-state index < -0.39 is 70.1 Å². The number of hydrogen-bond acceptors (Lipinski definition) is 10. The average Bonchev–Trinajstić information content (AvgIpc) is 2.75. The molecule has 5 atom stereocenters. The Balaban J connectivity index is 2.94. The number of alkyl halides is 3. The fraction of sp³-hybridized carbons (Fsp3) is 0.842. The van der Waals surface area contributed by atoms with Crippen molar-refractivity contribution in [2.75, 3.05) is 13.2 Å². The minimum Gasteiger partial charge on any atom is -0.387 e. The minimum absolute atomic E-state index is 0.151. The minimum atomic E-state index is -5.43. The number of carbonyl (C=O) groups excluding carboxylic acids is 1. The Bertz CT molecular complexity index is 942. The van der Waals surface area contributed by atoms with E-state index in [1.54, 1.807) is 0 Å². The van der Waals surface area contributed by atoms with Crippen LogP contribution in [0.25, 0.3) is 0 Å². The zero-order valence-corrected chi connectivity index (χ0v) is 21.5. The first-order valence-corrected chi connectivity index (χ1v) is 14.0. The highest BCUT2D eigenvalue weighted by molar-refractivity contribution is 7.81. The van der Waals surface area contributed by atoms with Crippen LogP contribution in [-0.4, -0.2) is 87.0 Å². The number of rotatable bonds is 16. The second-order valence-electron chi connectivity index (χ2n) is 8.08. The molecule has 1 amide bonds. The summed E-state index contributed by atoms with van der Waals surface area (Å²) in [7, 11) is -10.5. The number of unbranched alkanes of at least 4 members (excludes halogenated alkanes) is 6. The number of carbonyl (C=O) groups is 1. The quantitative estimate of drug-likeness (QED) is 0.115. The summed E-state index contributed by atoms with van der Waals surface area (Å²) in [5.41, 5.74) is 0. The van der Waals surface area contributed by atoms with E-state index in [0.717, 1.165) is 32.1 Å². The van der Waals surface area contributed by atoms with Crippen LogP contribution >= 0.6 is 0 Å². The summed E-state index contributed by atoms with van der Waals surface area (Å²) >= 11 is 0. The summed E-state index contributed by atoms with van der Waals surface area (Å²) in [5.74, 6) is -2.56. The van der Waals surface area contributed by atoms with Crippen molar-refractivity contribution in [1.29, 1.82) is 0 Å². The third-order valence-electron chi connectivity index (χ3n) is 5.13. The van der Waals surface area contributed by atoms with Gasteiger partial charge in [0.15, 0.2) is 6.29 Å². The van der Waals surface area contributed by atoms with Gasteiger partial charge < -0.3 is 19.9 Å². The van der Waals surface area contributed by atoms with Gasteiger partial charge in [-0.15, -0.1) is 0 Å². The normalized spacial score (nSPS) is 25.4. The number of amides is 1. The van der Waals surface area contributed by atoms with E-state index in [1.807, 2.05) is 13.0 Å². The zero-order valence-electron chi connectivity index (χ0n) is 19.9. The fourth-order valence-electron chi connectivity index (χ4n) is 3.43. The molecule has 1 rings (SSSR count). The molecule has 1 aliphatic heterocycles. The molecule has 13 nitrogen and oxygen atoms in total. The highest BCUT2D eigenvalue weighted by Crippen LogP contribution is 2.28. The van der Waals surface area contributed by atoms with Crippen LogP contribution in [0.1, 0.15) is 51.9 Å². The molecule has 1 fully saturated rings. The molecule has 218 valence electrons. The first kappa shape index (κ1) is 33.6. The van der Waals surface area contributed by atoms with Gasteiger partial charge >= 0.3 is 32.9 Å². The van der Waals surface area contributed by atoms with Gasteiger partial charge in [0.1, 0.15) is 24.4 Å². The topological polar surface area (TPSA) is 195 Å². The van der Waals surface area contributed by atoms with Crippen molar-refractivity contribution in [2.45, 2.75) is 88.7 Å². The van der Waals surface area contributed by atoms with Gasteiger partial charge in [0.2, 0.25) is 0 Å². The average molecular weight is 588 g/mol. The van der Waals surface area contributed by atoms with Gasteiger partial charge in [0.25, 0.3) is 0 Å². The molecule has 1 heterocycles. The van der Waals surface area contributed by atoms with Crippen LogP contribution in [0.4, 0.5) is 13.2 Å². The lowest BCUT2D eigenvalue weighted by Gasteiger charge is -2.43. The number of ether oxygens (including phenoxy) is 2. The van der Waals surface area contributed by atoms with Gasteiger partial charge in [0.05, 0.1) is 6.61 Å². The van der Waals surface area contributed by atoms with Gasteiger partial charge in [-0.05, 0) is 26.2 Å². The van der Waals surface area contributed by atoms with Crippen molar-refractivity contribution in [3.8, 4) is 0 Å². The first-order chi connectivity index (χ1) is 17.0. The van der Waals surface area contributed by atoms with Gasteiger partial charge in [-0.1, -0.05) is 37.8 Å². The third kappa shape index (κ3) is 13.8. The maximum absolute atomic E-state index is 12.9. The van der Waals surface area contributed by atoms with E-state index in [2.05, 4.69) is 14.4 Å². The van der Waals surface area contributed by atoms with Crippen LogP contribution in [0.15, 0.2) is 12.2 Å². The Morgan fingerprint density at radius 2 is 1.62 bits per heavy atom. The number of nitrogens with one attached hydrogen (secondary N) is 1. The van der Waals surface area contributed by atoms with Crippen LogP contribution in [0, 0.1) is 0 Å². The monoisotopic (exact) mass is 587 g/mol. The standard InChI is InChI=1S/C19H32F3NO12S2/c1-2-3-4-5-6-7-8-9-10-11-32-17-14(23-18(25)19(20,21)22)16(35-37(29,30)31)15(24)13(34-17)12-33-36(26,27)28/h2-3,13-17,24H,4-12H2,1H3,(H,23,25)(H,26,27,28)(H,29,30,31)/b3-2-/t13-,14-,15-,16-,17+/m1/s1. The lowest BCUT2D eigenvalue weighted by molar-refractivity contribution is -0.267. The van der Waals surface area contributed by atoms with Gasteiger partial charge in [-0.25, -0.2) is 8.37 Å². The Morgan fingerprint density at radius 1 is 1.03 bits per heavy atom. The molecule has 1 aliphatic rings. The van der Waals surface area contributed by atoms with Crippen LogP contribution in [-0.2, 0) is 43.4 Å². The molecule has 0 spiro atoms. The molecule has 1 saturated heterocycles. The molecule has 0 saturated carbocycles. The van der Waals surface area contributed by atoms with Crippen LogP contribution < -0.4 is 5.32 Å². The van der Waals surface area contributed by atoms with Crippen LogP contribution in [0.3, 0.4) is 0 Å². The maximum atomic E-state index is 12.9. The summed E-state index contributed by atoms with van der Waals surface area (Å²) in [6.45, 7) is 0.636. The number of halogens is 3. The molecular formula is C19H32F3NO12S2. The number of aliphatic hydroxyl groups is 1. The molecule has 4 N–H and O–H groups in total. The second-order valence-corrected chi connectivity index (χ2v) is 10.2. The molecule has 0 unspecified atom stereocenters. The summed E-state index contributed by atoms with van der Waals surface area (Å²) in [5, 5.41) is 11.8. The van der Waals surface area contributed by atoms with Gasteiger partial charge in [0, 0.05) is 6.61 Å². The maximum Gasteiger partial charge on any atom is 0.471 e. The first-order valence-electron chi connectivity index (χ1n) is 11.3. The van der Waals surface area contributed by atoms with Crippen LogP contribution in [0.5, 0.6) is 0 Å². The van der Waals surface area contributed by atoms with Crippen molar-refractivity contribution in [3.63, 3.8) is 0 Å². The molecule has 0 bridgehead atoms. The SMILES string of the molecule is C/C=C\CCCCCCCCO[C@H]1O[C@H](COS(=O)(=O)O)[C@@H](O)[C@H](OS(=O)(=O)O)[C@H]1NC(=O)C(F)(F)F. The highest BCUT2D eigenvalue weighted by atomic mass is 32.3. The highest BCUT2D eigenvalue weighted by Gasteiger charge is 2.52. The summed E-state index contributed by atoms with van der Waals surface area (Å²) < 4.78 is 120. The molecule has 18 heteroatoms. The van der Waals surface area contributed by atoms with Crippen molar-refractivity contribution in [3.05, 3.63) is 12.2 Å². The Hall–Kier alpha value is -1.38. The lowest BCUT2D eigenvalue weighted by Crippen LogP contribution is -2.67. The predicted octanol–water partition coefficient (Wildman–Crippen LogP) is 1.45. The molecule has 0 aromatic carbocycles. The van der Waals surface area contributed by atoms with Crippen molar-refractivity contribution in [2.24, 2.45) is 0 Å². The zero-order chi connectivity index (χ0) is 28.3. The lowest BCUT2D eigenvalue weighted by atomic mass is 9.97. The Labute approximate surface area is 213 Å². The van der Waals surface area contributed by atoms with E-state index in [-0.39, 0.29) is 6.61 Å². The van der Waals surface area contributed by atoms with Crippen molar-refractivity contribution >= 4 is 26.7 Å². The van der Waals surface area contributed by atoms with Crippen molar-refractivity contribution < 1.29 is 66.9 Å². The summed E-state index contributed by atoms with van der Waals surface area (Å²) in [4.78, 5) is 11.5. The third-order valence-corrected chi connectivity index (χ3v) is 6.03. The van der Waals surface area contributed by atoms with E-state index in [0.29, 0.717) is 12.8 Å². The number of allylic oxidation sites excluding steroid dienone is 2. The Kier molecular flexibility index (Phi) is 13.9. The van der Waals surface area contributed by atoms with Crippen molar-refractivity contribution in [1.82, 2.24) is 5.32 Å². The Morgan fingerprint density at radius 3 is 2.16 bits per heavy atom. The molecule has 0 aromatic rings. The largest absolute Gasteiger partial charge is 0.471 e. The van der Waals surface area contributed by atoms with E-state index in [9.17, 15) is 39.9 Å². The molecule has 0 aromatic heterocycles. The molecular weight excluding hydrogens is 555 g/mol. The number of aliphatic hydroxyl groups excluding tert-OH is 1. The molecule has 0 aliphatic carbocycles. The predicted molar refractivity (Wildman–Crippen MR) is 120 cm³/mol. The summed E-state index contributed by atoms with van der Waals surface area (Å²) in [6, 6.07) is -2.13. The van der Waals surface area contributed by atoms with E-state index in [4.69, 9.17) is 18.6 Å². The van der Waals surface area contributed by atoms with Crippen LogP contribution in [0.2, 0.25) is 0 Å². The number of hydrogen-bond donors (Lipinski definition) is 4. The van der Waals surface area contributed by atoms with Gasteiger partial charge in [-0.2, -0.15) is 30.0 Å².